The van der Waals surface area contributed by atoms with Crippen molar-refractivity contribution in [3.8, 4) is 5.75 Å². The van der Waals surface area contributed by atoms with Gasteiger partial charge < -0.3 is 10.1 Å². The molecule has 0 aliphatic carbocycles. The van der Waals surface area contributed by atoms with Crippen LogP contribution in [0.2, 0.25) is 0 Å². The minimum Gasteiger partial charge on any atom is -0.496 e. The second-order valence-corrected chi connectivity index (χ2v) is 4.53. The Morgan fingerprint density at radius 2 is 2.26 bits per heavy atom. The number of hydrogen-bond donors (Lipinski definition) is 2. The molecule has 0 atom stereocenters. The molecule has 2 aromatic rings. The lowest BCUT2D eigenvalue weighted by Crippen LogP contribution is -2.16. The lowest BCUT2D eigenvalue weighted by Gasteiger charge is -2.10. The third kappa shape index (κ3) is 4.06. The van der Waals surface area contributed by atoms with Crippen LogP contribution in [-0.2, 0) is 13.0 Å². The van der Waals surface area contributed by atoms with Gasteiger partial charge in [0.15, 0.2) is 0 Å². The summed E-state index contributed by atoms with van der Waals surface area (Å²) in [6.45, 7) is 3.85. The van der Waals surface area contributed by atoms with Crippen molar-refractivity contribution in [2.45, 2.75) is 26.3 Å². The number of benzene rings is 1. The van der Waals surface area contributed by atoms with E-state index in [0.717, 1.165) is 37.5 Å². The zero-order valence-electron chi connectivity index (χ0n) is 11.4. The average Bonchev–Trinajstić information content (AvgIpc) is 2.92. The van der Waals surface area contributed by atoms with Crippen LogP contribution in [0.3, 0.4) is 0 Å². The first-order valence-electron chi connectivity index (χ1n) is 6.48. The van der Waals surface area contributed by atoms with Crippen LogP contribution in [0.15, 0.2) is 24.5 Å². The van der Waals surface area contributed by atoms with Gasteiger partial charge >= 0.3 is 0 Å². The van der Waals surface area contributed by atoms with E-state index in [9.17, 15) is 0 Å². The van der Waals surface area contributed by atoms with Gasteiger partial charge in [0.2, 0.25) is 0 Å². The van der Waals surface area contributed by atoms with Gasteiger partial charge in [0.25, 0.3) is 0 Å². The summed E-state index contributed by atoms with van der Waals surface area (Å²) in [4.78, 5) is 4.10. The van der Waals surface area contributed by atoms with Crippen molar-refractivity contribution in [1.29, 1.82) is 0 Å². The summed E-state index contributed by atoms with van der Waals surface area (Å²) < 4.78 is 5.35. The highest BCUT2D eigenvalue weighted by molar-refractivity contribution is 5.36. The van der Waals surface area contributed by atoms with Gasteiger partial charge in [-0.05, 0) is 26.0 Å². The van der Waals surface area contributed by atoms with Crippen LogP contribution in [0.4, 0.5) is 0 Å². The van der Waals surface area contributed by atoms with Crippen molar-refractivity contribution in [1.82, 2.24) is 20.5 Å². The molecule has 0 spiro atoms. The Hall–Kier alpha value is -1.88. The summed E-state index contributed by atoms with van der Waals surface area (Å²) in [5, 5.41) is 10.1. The zero-order valence-corrected chi connectivity index (χ0v) is 11.4. The van der Waals surface area contributed by atoms with Crippen molar-refractivity contribution in [3.63, 3.8) is 0 Å². The summed E-state index contributed by atoms with van der Waals surface area (Å²) in [5.74, 6) is 1.88. The van der Waals surface area contributed by atoms with Gasteiger partial charge in [-0.1, -0.05) is 17.7 Å². The van der Waals surface area contributed by atoms with Crippen LogP contribution in [0.1, 0.15) is 23.4 Å². The molecule has 1 aromatic carbocycles. The van der Waals surface area contributed by atoms with E-state index >= 15 is 0 Å². The van der Waals surface area contributed by atoms with Gasteiger partial charge in [0.1, 0.15) is 17.9 Å². The van der Waals surface area contributed by atoms with Gasteiger partial charge in [-0.2, -0.15) is 5.10 Å². The highest BCUT2D eigenvalue weighted by Crippen LogP contribution is 2.19. The van der Waals surface area contributed by atoms with E-state index in [1.807, 2.05) is 6.07 Å². The molecule has 2 rings (SSSR count). The molecule has 102 valence electrons. The molecule has 19 heavy (non-hydrogen) atoms. The maximum absolute atomic E-state index is 5.35. The Bertz CT molecular complexity index is 496. The highest BCUT2D eigenvalue weighted by atomic mass is 16.5. The van der Waals surface area contributed by atoms with Crippen molar-refractivity contribution in [2.24, 2.45) is 0 Å². The topological polar surface area (TPSA) is 62.8 Å². The largest absolute Gasteiger partial charge is 0.496 e. The van der Waals surface area contributed by atoms with E-state index in [1.54, 1.807) is 13.4 Å². The maximum Gasteiger partial charge on any atom is 0.137 e. The Morgan fingerprint density at radius 3 is 3.00 bits per heavy atom. The summed E-state index contributed by atoms with van der Waals surface area (Å²) in [6, 6.07) is 6.23. The summed E-state index contributed by atoms with van der Waals surface area (Å²) in [7, 11) is 1.71. The van der Waals surface area contributed by atoms with Crippen LogP contribution in [0.5, 0.6) is 5.75 Å². The predicted molar refractivity (Wildman–Crippen MR) is 74.1 cm³/mol. The molecule has 1 heterocycles. The number of aryl methyl sites for hydroxylation is 2. The highest BCUT2D eigenvalue weighted by Gasteiger charge is 2.02. The molecule has 0 aliphatic rings. The fraction of sp³-hybridized carbons (Fsp3) is 0.429. The molecule has 5 heteroatoms. The minimum absolute atomic E-state index is 0.821. The number of ether oxygens (including phenoxy) is 1. The molecule has 0 amide bonds. The van der Waals surface area contributed by atoms with E-state index in [2.05, 4.69) is 39.6 Å². The Kier molecular flexibility index (Phi) is 4.92. The predicted octanol–water partition coefficient (Wildman–Crippen LogP) is 1.84. The quantitative estimate of drug-likeness (QED) is 0.746. The van der Waals surface area contributed by atoms with E-state index in [-0.39, 0.29) is 0 Å². The fourth-order valence-electron chi connectivity index (χ4n) is 2.00. The number of nitrogens with one attached hydrogen (secondary N) is 2. The van der Waals surface area contributed by atoms with Gasteiger partial charge in [-0.15, -0.1) is 0 Å². The fourth-order valence-corrected chi connectivity index (χ4v) is 2.00. The minimum atomic E-state index is 0.821. The number of H-pyrrole nitrogens is 1. The number of hydrogen-bond acceptors (Lipinski definition) is 4. The molecule has 0 radical (unpaired) electrons. The van der Waals surface area contributed by atoms with Crippen LogP contribution < -0.4 is 10.1 Å². The molecular weight excluding hydrogens is 240 g/mol. The Morgan fingerprint density at radius 1 is 1.37 bits per heavy atom. The van der Waals surface area contributed by atoms with Gasteiger partial charge in [0.05, 0.1) is 7.11 Å². The Labute approximate surface area is 113 Å². The molecule has 5 nitrogen and oxygen atoms in total. The summed E-state index contributed by atoms with van der Waals surface area (Å²) >= 11 is 0. The first kappa shape index (κ1) is 13.5. The third-order valence-electron chi connectivity index (χ3n) is 2.98. The number of methoxy groups -OCH3 is 1. The van der Waals surface area contributed by atoms with Gasteiger partial charge in [-0.25, -0.2) is 4.98 Å². The first-order valence-corrected chi connectivity index (χ1v) is 6.48. The second-order valence-electron chi connectivity index (χ2n) is 4.53. The SMILES string of the molecule is COc1ccc(C)cc1CNCCCc1ncn[nH]1. The maximum atomic E-state index is 5.35. The van der Waals surface area contributed by atoms with E-state index in [1.165, 1.54) is 11.1 Å². The van der Waals surface area contributed by atoms with Gasteiger partial charge in [-0.3, -0.25) is 5.10 Å². The number of rotatable bonds is 7. The third-order valence-corrected chi connectivity index (χ3v) is 2.98. The number of aromatic nitrogens is 3. The molecule has 0 saturated carbocycles. The molecule has 2 N–H and O–H groups in total. The van der Waals surface area contributed by atoms with Crippen molar-refractivity contribution in [2.75, 3.05) is 13.7 Å². The molecule has 0 saturated heterocycles. The molecule has 0 unspecified atom stereocenters. The van der Waals surface area contributed by atoms with E-state index in [0.29, 0.717) is 0 Å². The molecule has 0 bridgehead atoms. The van der Waals surface area contributed by atoms with E-state index < -0.39 is 0 Å². The van der Waals surface area contributed by atoms with Crippen molar-refractivity contribution >= 4 is 0 Å². The average molecular weight is 260 g/mol. The molecule has 0 aliphatic heterocycles. The zero-order chi connectivity index (χ0) is 13.5. The lowest BCUT2D eigenvalue weighted by atomic mass is 10.1. The summed E-state index contributed by atoms with van der Waals surface area (Å²) in [6.07, 6.45) is 3.49. The van der Waals surface area contributed by atoms with Crippen molar-refractivity contribution < 1.29 is 4.74 Å². The van der Waals surface area contributed by atoms with Crippen LogP contribution in [0.25, 0.3) is 0 Å². The van der Waals surface area contributed by atoms with Crippen LogP contribution in [0, 0.1) is 6.92 Å². The number of aromatic amines is 1. The lowest BCUT2D eigenvalue weighted by molar-refractivity contribution is 0.407. The first-order chi connectivity index (χ1) is 9.29. The molecule has 0 fully saturated rings. The molecular formula is C14H20N4O. The van der Waals surface area contributed by atoms with Crippen molar-refractivity contribution in [3.05, 3.63) is 41.5 Å². The monoisotopic (exact) mass is 260 g/mol. The smallest absolute Gasteiger partial charge is 0.137 e. The normalized spacial score (nSPS) is 10.6. The number of nitrogens with zero attached hydrogens (tertiary/aromatic N) is 2. The van der Waals surface area contributed by atoms with Gasteiger partial charge in [0, 0.05) is 18.5 Å². The Balaban J connectivity index is 1.74. The molecule has 1 aromatic heterocycles. The van der Waals surface area contributed by atoms with Crippen LogP contribution >= 0.6 is 0 Å². The van der Waals surface area contributed by atoms with E-state index in [4.69, 9.17) is 4.74 Å². The van der Waals surface area contributed by atoms with Crippen LogP contribution in [-0.4, -0.2) is 28.8 Å². The standard InChI is InChI=1S/C14H20N4O/c1-11-5-6-13(19-2)12(8-11)9-15-7-3-4-14-16-10-17-18-14/h5-6,8,10,15H,3-4,7,9H2,1-2H3,(H,16,17,18). The second kappa shape index (κ2) is 6.89. The summed E-state index contributed by atoms with van der Waals surface area (Å²) in [5.41, 5.74) is 2.45.